The van der Waals surface area contributed by atoms with E-state index in [9.17, 15) is 0 Å². The largest absolute Gasteiger partial charge is 0.330 e. The SMILES string of the molecule is CCc1ccc(CCCN)c2ccccc12. The number of aryl methyl sites for hydroxylation is 2. The highest BCUT2D eigenvalue weighted by atomic mass is 14.5. The van der Waals surface area contributed by atoms with E-state index >= 15 is 0 Å². The van der Waals surface area contributed by atoms with Crippen molar-refractivity contribution in [3.8, 4) is 0 Å². The molecule has 0 bridgehead atoms. The van der Waals surface area contributed by atoms with Gasteiger partial charge >= 0.3 is 0 Å². The van der Waals surface area contributed by atoms with Crippen LogP contribution in [-0.4, -0.2) is 6.54 Å². The van der Waals surface area contributed by atoms with Crippen molar-refractivity contribution in [1.82, 2.24) is 0 Å². The lowest BCUT2D eigenvalue weighted by Crippen LogP contribution is -2.01. The van der Waals surface area contributed by atoms with Gasteiger partial charge in [0.05, 0.1) is 0 Å². The fourth-order valence-electron chi connectivity index (χ4n) is 2.24. The third-order valence-corrected chi connectivity index (χ3v) is 3.14. The molecule has 0 heterocycles. The quantitative estimate of drug-likeness (QED) is 0.828. The van der Waals surface area contributed by atoms with Crippen molar-refractivity contribution in [3.63, 3.8) is 0 Å². The first-order valence-electron chi connectivity index (χ1n) is 6.06. The number of hydrogen-bond acceptors (Lipinski definition) is 1. The van der Waals surface area contributed by atoms with Gasteiger partial charge in [-0.15, -0.1) is 0 Å². The molecule has 0 aromatic heterocycles. The Kier molecular flexibility index (Phi) is 3.58. The molecule has 0 fully saturated rings. The molecular weight excluding hydrogens is 194 g/mol. The van der Waals surface area contributed by atoms with Crippen LogP contribution in [0.3, 0.4) is 0 Å². The minimum atomic E-state index is 0.768. The zero-order chi connectivity index (χ0) is 11.4. The van der Waals surface area contributed by atoms with Gasteiger partial charge < -0.3 is 5.73 Å². The Labute approximate surface area is 97.3 Å². The minimum Gasteiger partial charge on any atom is -0.330 e. The maximum atomic E-state index is 5.58. The van der Waals surface area contributed by atoms with E-state index < -0.39 is 0 Å². The van der Waals surface area contributed by atoms with Crippen molar-refractivity contribution >= 4 is 10.8 Å². The fourth-order valence-corrected chi connectivity index (χ4v) is 2.24. The van der Waals surface area contributed by atoms with Crippen molar-refractivity contribution in [1.29, 1.82) is 0 Å². The fraction of sp³-hybridized carbons (Fsp3) is 0.333. The highest BCUT2D eigenvalue weighted by molar-refractivity contribution is 5.88. The van der Waals surface area contributed by atoms with E-state index in [0.717, 1.165) is 25.8 Å². The smallest absolute Gasteiger partial charge is 0.00741 e. The Morgan fingerprint density at radius 1 is 0.938 bits per heavy atom. The van der Waals surface area contributed by atoms with Gasteiger partial charge in [0.1, 0.15) is 0 Å². The van der Waals surface area contributed by atoms with Gasteiger partial charge in [0.25, 0.3) is 0 Å². The van der Waals surface area contributed by atoms with Crippen molar-refractivity contribution in [2.75, 3.05) is 6.54 Å². The number of hydrogen-bond donors (Lipinski definition) is 1. The second kappa shape index (κ2) is 5.13. The summed E-state index contributed by atoms with van der Waals surface area (Å²) in [6, 6.07) is 13.2. The maximum absolute atomic E-state index is 5.58. The molecule has 2 aromatic carbocycles. The summed E-state index contributed by atoms with van der Waals surface area (Å²) < 4.78 is 0. The van der Waals surface area contributed by atoms with Gasteiger partial charge in [0.15, 0.2) is 0 Å². The summed E-state index contributed by atoms with van der Waals surface area (Å²) in [5.41, 5.74) is 8.44. The molecule has 0 aliphatic carbocycles. The molecule has 0 aliphatic heterocycles. The molecule has 0 unspecified atom stereocenters. The van der Waals surface area contributed by atoms with Gasteiger partial charge in [0.2, 0.25) is 0 Å². The molecule has 1 nitrogen and oxygen atoms in total. The van der Waals surface area contributed by atoms with Crippen LogP contribution in [0.25, 0.3) is 10.8 Å². The van der Waals surface area contributed by atoms with Crippen molar-refractivity contribution in [3.05, 3.63) is 47.5 Å². The Bertz CT molecular complexity index is 474. The molecular formula is C15H19N. The Balaban J connectivity index is 2.51. The zero-order valence-corrected chi connectivity index (χ0v) is 9.87. The van der Waals surface area contributed by atoms with E-state index in [1.54, 1.807) is 0 Å². The molecule has 2 N–H and O–H groups in total. The summed E-state index contributed by atoms with van der Waals surface area (Å²) in [6.45, 7) is 2.98. The first-order valence-corrected chi connectivity index (χ1v) is 6.06. The molecule has 0 saturated carbocycles. The number of nitrogens with two attached hydrogens (primary N) is 1. The predicted molar refractivity (Wildman–Crippen MR) is 70.7 cm³/mol. The monoisotopic (exact) mass is 213 g/mol. The summed E-state index contributed by atoms with van der Waals surface area (Å²) in [5, 5.41) is 2.80. The zero-order valence-electron chi connectivity index (χ0n) is 9.87. The molecule has 0 aliphatic rings. The van der Waals surface area contributed by atoms with Crippen LogP contribution >= 0.6 is 0 Å². The van der Waals surface area contributed by atoms with Crippen LogP contribution in [0.4, 0.5) is 0 Å². The standard InChI is InChI=1S/C15H19N/c1-2-12-9-10-13(6-5-11-16)15-8-4-3-7-14(12)15/h3-4,7-10H,2,5-6,11,16H2,1H3. The normalized spacial score (nSPS) is 10.9. The molecule has 2 aromatic rings. The second-order valence-corrected chi connectivity index (χ2v) is 4.18. The molecule has 84 valence electrons. The van der Waals surface area contributed by atoms with E-state index in [2.05, 4.69) is 43.3 Å². The molecule has 0 saturated heterocycles. The van der Waals surface area contributed by atoms with Gasteiger partial charge in [0, 0.05) is 0 Å². The topological polar surface area (TPSA) is 26.0 Å². The molecule has 2 rings (SSSR count). The van der Waals surface area contributed by atoms with Crippen LogP contribution in [-0.2, 0) is 12.8 Å². The van der Waals surface area contributed by atoms with Crippen molar-refractivity contribution in [2.24, 2.45) is 5.73 Å². The first-order chi connectivity index (χ1) is 7.86. The van der Waals surface area contributed by atoms with Gasteiger partial charge in [-0.05, 0) is 47.7 Å². The predicted octanol–water partition coefficient (Wildman–Crippen LogP) is 3.29. The number of rotatable bonds is 4. The Hall–Kier alpha value is -1.34. The van der Waals surface area contributed by atoms with E-state index in [1.807, 2.05) is 0 Å². The van der Waals surface area contributed by atoms with E-state index in [-0.39, 0.29) is 0 Å². The van der Waals surface area contributed by atoms with E-state index in [4.69, 9.17) is 5.73 Å². The molecule has 16 heavy (non-hydrogen) atoms. The van der Waals surface area contributed by atoms with Crippen LogP contribution < -0.4 is 5.73 Å². The van der Waals surface area contributed by atoms with Crippen molar-refractivity contribution < 1.29 is 0 Å². The molecule has 1 heteroatoms. The Morgan fingerprint density at radius 2 is 1.56 bits per heavy atom. The van der Waals surface area contributed by atoms with Gasteiger partial charge in [-0.2, -0.15) is 0 Å². The van der Waals surface area contributed by atoms with Gasteiger partial charge in [-0.1, -0.05) is 43.3 Å². The highest BCUT2D eigenvalue weighted by Crippen LogP contribution is 2.24. The highest BCUT2D eigenvalue weighted by Gasteiger charge is 2.03. The van der Waals surface area contributed by atoms with E-state index in [1.165, 1.54) is 21.9 Å². The molecule has 0 spiro atoms. The molecule has 0 radical (unpaired) electrons. The summed E-state index contributed by atoms with van der Waals surface area (Å²) in [7, 11) is 0. The van der Waals surface area contributed by atoms with Crippen LogP contribution in [0, 0.1) is 0 Å². The lowest BCUT2D eigenvalue weighted by Gasteiger charge is -2.09. The Morgan fingerprint density at radius 3 is 2.19 bits per heavy atom. The van der Waals surface area contributed by atoms with Crippen LogP contribution in [0.2, 0.25) is 0 Å². The van der Waals surface area contributed by atoms with Crippen molar-refractivity contribution in [2.45, 2.75) is 26.2 Å². The first kappa shape index (κ1) is 11.2. The summed E-state index contributed by atoms with van der Waals surface area (Å²) >= 11 is 0. The summed E-state index contributed by atoms with van der Waals surface area (Å²) in [5.74, 6) is 0. The molecule has 0 atom stereocenters. The third-order valence-electron chi connectivity index (χ3n) is 3.14. The number of fused-ring (bicyclic) bond motifs is 1. The van der Waals surface area contributed by atoms with Crippen LogP contribution in [0.15, 0.2) is 36.4 Å². The minimum absolute atomic E-state index is 0.768. The van der Waals surface area contributed by atoms with E-state index in [0.29, 0.717) is 0 Å². The second-order valence-electron chi connectivity index (χ2n) is 4.18. The van der Waals surface area contributed by atoms with Crippen LogP contribution in [0.5, 0.6) is 0 Å². The lowest BCUT2D eigenvalue weighted by atomic mass is 9.96. The van der Waals surface area contributed by atoms with Crippen LogP contribution in [0.1, 0.15) is 24.5 Å². The lowest BCUT2D eigenvalue weighted by molar-refractivity contribution is 0.837. The summed E-state index contributed by atoms with van der Waals surface area (Å²) in [6.07, 6.45) is 3.24. The molecule has 0 amide bonds. The maximum Gasteiger partial charge on any atom is -0.00741 e. The third kappa shape index (κ3) is 2.10. The number of benzene rings is 2. The summed E-state index contributed by atoms with van der Waals surface area (Å²) in [4.78, 5) is 0. The average Bonchev–Trinajstić information content (AvgIpc) is 2.36. The average molecular weight is 213 g/mol. The van der Waals surface area contributed by atoms with Gasteiger partial charge in [-0.3, -0.25) is 0 Å². The van der Waals surface area contributed by atoms with Gasteiger partial charge in [-0.25, -0.2) is 0 Å².